The molecule has 0 saturated heterocycles. The van der Waals surface area contributed by atoms with Crippen molar-refractivity contribution in [2.75, 3.05) is 12.4 Å². The van der Waals surface area contributed by atoms with Crippen LogP contribution < -0.4 is 10.1 Å². The van der Waals surface area contributed by atoms with Crippen LogP contribution in [0.15, 0.2) is 60.7 Å². The van der Waals surface area contributed by atoms with E-state index in [0.717, 1.165) is 29.8 Å². The maximum atomic E-state index is 12.6. The lowest BCUT2D eigenvalue weighted by Gasteiger charge is -2.09. The van der Waals surface area contributed by atoms with Gasteiger partial charge in [0, 0.05) is 22.9 Å². The monoisotopic (exact) mass is 373 g/mol. The van der Waals surface area contributed by atoms with Crippen molar-refractivity contribution in [2.45, 2.75) is 6.18 Å². The minimum absolute atomic E-state index is 0.132. The Hall–Kier alpha value is -3.42. The van der Waals surface area contributed by atoms with E-state index in [9.17, 15) is 18.0 Å². The number of amides is 1. The summed E-state index contributed by atoms with van der Waals surface area (Å²) in [6, 6.07) is 14.3. The number of alkyl halides is 3. The van der Waals surface area contributed by atoms with Crippen molar-refractivity contribution >= 4 is 11.6 Å². The molecule has 0 aliphatic carbocycles. The number of carbonyl (C=O) groups is 1. The molecule has 0 aliphatic rings. The molecule has 0 spiro atoms. The third-order valence-electron chi connectivity index (χ3n) is 3.76. The van der Waals surface area contributed by atoms with Gasteiger partial charge in [0.25, 0.3) is 5.91 Å². The molecule has 0 bridgehead atoms. The van der Waals surface area contributed by atoms with Gasteiger partial charge >= 0.3 is 6.18 Å². The molecule has 1 aromatic heterocycles. The van der Waals surface area contributed by atoms with E-state index >= 15 is 0 Å². The molecule has 3 rings (SSSR count). The lowest BCUT2D eigenvalue weighted by Crippen LogP contribution is -2.12. The number of aromatic nitrogens is 2. The number of ether oxygens (including phenoxy) is 1. The van der Waals surface area contributed by atoms with E-state index in [2.05, 4.69) is 15.5 Å². The number of nitrogens with zero attached hydrogens (tertiary/aromatic N) is 2. The van der Waals surface area contributed by atoms with Gasteiger partial charge in [-0.1, -0.05) is 12.1 Å². The highest BCUT2D eigenvalue weighted by Crippen LogP contribution is 2.29. The summed E-state index contributed by atoms with van der Waals surface area (Å²) in [7, 11) is 1.50. The Kier molecular flexibility index (Phi) is 5.07. The molecule has 0 radical (unpaired) electrons. The highest BCUT2D eigenvalue weighted by Gasteiger charge is 2.30. The van der Waals surface area contributed by atoms with Gasteiger partial charge < -0.3 is 10.1 Å². The van der Waals surface area contributed by atoms with E-state index in [1.165, 1.54) is 7.11 Å². The Morgan fingerprint density at radius 1 is 0.926 bits per heavy atom. The highest BCUT2D eigenvalue weighted by atomic mass is 19.4. The number of anilines is 1. The van der Waals surface area contributed by atoms with Crippen LogP contribution >= 0.6 is 0 Å². The summed E-state index contributed by atoms with van der Waals surface area (Å²) in [5.74, 6) is -0.0973. The molecule has 0 fully saturated rings. The van der Waals surface area contributed by atoms with Crippen molar-refractivity contribution < 1.29 is 22.7 Å². The van der Waals surface area contributed by atoms with Crippen LogP contribution in [-0.4, -0.2) is 23.2 Å². The van der Waals surface area contributed by atoms with Crippen molar-refractivity contribution in [3.63, 3.8) is 0 Å². The number of hydrogen-bond acceptors (Lipinski definition) is 4. The lowest BCUT2D eigenvalue weighted by atomic mass is 10.1. The van der Waals surface area contributed by atoms with Crippen LogP contribution in [0.1, 0.15) is 15.9 Å². The van der Waals surface area contributed by atoms with Gasteiger partial charge in [-0.05, 0) is 42.5 Å². The zero-order valence-corrected chi connectivity index (χ0v) is 14.1. The van der Waals surface area contributed by atoms with Crippen LogP contribution in [0.3, 0.4) is 0 Å². The zero-order valence-electron chi connectivity index (χ0n) is 14.1. The fourth-order valence-corrected chi connectivity index (χ4v) is 2.32. The number of carbonyl (C=O) groups excluding carboxylic acids is 1. The second kappa shape index (κ2) is 7.45. The molecule has 1 N–H and O–H groups in total. The Bertz CT molecular complexity index is 922. The molecule has 0 saturated carbocycles. The highest BCUT2D eigenvalue weighted by molar-refractivity contribution is 6.04. The van der Waals surface area contributed by atoms with E-state index in [-0.39, 0.29) is 5.56 Å². The van der Waals surface area contributed by atoms with Crippen LogP contribution in [0, 0.1) is 0 Å². The summed E-state index contributed by atoms with van der Waals surface area (Å²) in [5, 5.41) is 10.6. The van der Waals surface area contributed by atoms with Gasteiger partial charge in [0.2, 0.25) is 5.88 Å². The summed E-state index contributed by atoms with van der Waals surface area (Å²) >= 11 is 0. The van der Waals surface area contributed by atoms with Crippen LogP contribution in [0.25, 0.3) is 11.3 Å². The Labute approximate surface area is 152 Å². The van der Waals surface area contributed by atoms with Gasteiger partial charge in [-0.15, -0.1) is 10.2 Å². The quantitative estimate of drug-likeness (QED) is 0.735. The summed E-state index contributed by atoms with van der Waals surface area (Å²) in [5.41, 5.74) is 1.26. The van der Waals surface area contributed by atoms with Crippen molar-refractivity contribution in [2.24, 2.45) is 0 Å². The average Bonchev–Trinajstić information content (AvgIpc) is 2.68. The number of rotatable bonds is 4. The van der Waals surface area contributed by atoms with Crippen LogP contribution in [0.5, 0.6) is 5.88 Å². The second-order valence-electron chi connectivity index (χ2n) is 5.57. The van der Waals surface area contributed by atoms with Gasteiger partial charge in [0.15, 0.2) is 0 Å². The lowest BCUT2D eigenvalue weighted by molar-refractivity contribution is -0.137. The van der Waals surface area contributed by atoms with E-state index in [1.807, 2.05) is 0 Å². The molecule has 1 heterocycles. The van der Waals surface area contributed by atoms with E-state index < -0.39 is 17.6 Å². The Morgan fingerprint density at radius 3 is 2.11 bits per heavy atom. The summed E-state index contributed by atoms with van der Waals surface area (Å²) in [6.45, 7) is 0. The van der Waals surface area contributed by atoms with Gasteiger partial charge in [-0.3, -0.25) is 4.79 Å². The summed E-state index contributed by atoms with van der Waals surface area (Å²) in [6.07, 6.45) is -4.44. The molecule has 2 aromatic carbocycles. The first kappa shape index (κ1) is 18.4. The number of methoxy groups -OCH3 is 1. The van der Waals surface area contributed by atoms with Crippen molar-refractivity contribution in [1.29, 1.82) is 0 Å². The fraction of sp³-hybridized carbons (Fsp3) is 0.105. The van der Waals surface area contributed by atoms with Crippen LogP contribution in [-0.2, 0) is 6.18 Å². The normalized spacial score (nSPS) is 11.1. The molecule has 0 aliphatic heterocycles. The smallest absolute Gasteiger partial charge is 0.416 e. The minimum Gasteiger partial charge on any atom is -0.480 e. The predicted octanol–water partition coefficient (Wildman–Crippen LogP) is 4.42. The van der Waals surface area contributed by atoms with Crippen molar-refractivity contribution in [3.05, 3.63) is 71.8 Å². The average molecular weight is 373 g/mol. The standard InChI is InChI=1S/C19H14F3N3O2/c1-27-17-11-10-16(24-25-17)12-4-8-15(9-5-12)23-18(26)13-2-6-14(7-3-13)19(20,21)22/h2-11H,1H3,(H,23,26). The molecular weight excluding hydrogens is 359 g/mol. The molecule has 1 amide bonds. The molecule has 5 nitrogen and oxygen atoms in total. The Morgan fingerprint density at radius 2 is 1.59 bits per heavy atom. The first-order valence-corrected chi connectivity index (χ1v) is 7.83. The maximum absolute atomic E-state index is 12.6. The first-order chi connectivity index (χ1) is 12.9. The fourth-order valence-electron chi connectivity index (χ4n) is 2.32. The molecular formula is C19H14F3N3O2. The first-order valence-electron chi connectivity index (χ1n) is 7.83. The minimum atomic E-state index is -4.44. The Balaban J connectivity index is 1.69. The SMILES string of the molecule is COc1ccc(-c2ccc(NC(=O)c3ccc(C(F)(F)F)cc3)cc2)nn1. The van der Waals surface area contributed by atoms with Gasteiger partial charge in [-0.25, -0.2) is 0 Å². The number of halogens is 3. The van der Waals surface area contributed by atoms with E-state index in [0.29, 0.717) is 17.3 Å². The molecule has 3 aromatic rings. The molecule has 0 atom stereocenters. The topological polar surface area (TPSA) is 64.1 Å². The molecule has 27 heavy (non-hydrogen) atoms. The van der Waals surface area contributed by atoms with Crippen molar-refractivity contribution in [3.8, 4) is 17.1 Å². The zero-order chi connectivity index (χ0) is 19.4. The van der Waals surface area contributed by atoms with Crippen LogP contribution in [0.4, 0.5) is 18.9 Å². The summed E-state index contributed by atoms with van der Waals surface area (Å²) < 4.78 is 42.7. The van der Waals surface area contributed by atoms with Gasteiger partial charge in [0.1, 0.15) is 0 Å². The van der Waals surface area contributed by atoms with Crippen molar-refractivity contribution in [1.82, 2.24) is 10.2 Å². The van der Waals surface area contributed by atoms with Crippen LogP contribution in [0.2, 0.25) is 0 Å². The maximum Gasteiger partial charge on any atom is 0.416 e. The predicted molar refractivity (Wildman–Crippen MR) is 93.4 cm³/mol. The third kappa shape index (κ3) is 4.41. The number of hydrogen-bond donors (Lipinski definition) is 1. The van der Waals surface area contributed by atoms with E-state index in [4.69, 9.17) is 4.74 Å². The number of nitrogens with one attached hydrogen (secondary N) is 1. The molecule has 8 heteroatoms. The van der Waals surface area contributed by atoms with Gasteiger partial charge in [0.05, 0.1) is 18.4 Å². The third-order valence-corrected chi connectivity index (χ3v) is 3.76. The largest absolute Gasteiger partial charge is 0.480 e. The van der Waals surface area contributed by atoms with Gasteiger partial charge in [-0.2, -0.15) is 13.2 Å². The van der Waals surface area contributed by atoms with E-state index in [1.54, 1.807) is 36.4 Å². The number of benzene rings is 2. The second-order valence-corrected chi connectivity index (χ2v) is 5.57. The molecule has 0 unspecified atom stereocenters. The summed E-state index contributed by atoms with van der Waals surface area (Å²) in [4.78, 5) is 12.2. The molecule has 138 valence electrons.